The summed E-state index contributed by atoms with van der Waals surface area (Å²) in [5, 5.41) is 6.71. The van der Waals surface area contributed by atoms with Crippen molar-refractivity contribution in [3.63, 3.8) is 0 Å². The topological polar surface area (TPSA) is 55.4 Å². The number of nitrogens with one attached hydrogen (secondary N) is 2. The van der Waals surface area contributed by atoms with Gasteiger partial charge in [0.1, 0.15) is 5.82 Å². The number of benzene rings is 1. The third-order valence-electron chi connectivity index (χ3n) is 6.17. The highest BCUT2D eigenvalue weighted by Crippen LogP contribution is 2.22. The fourth-order valence-electron chi connectivity index (χ4n) is 4.11. The number of morpholine rings is 1. The molecule has 2 saturated heterocycles. The predicted molar refractivity (Wildman–Crippen MR) is 125 cm³/mol. The number of ether oxygens (including phenoxy) is 1. The Balaban J connectivity index is 1.54. The lowest BCUT2D eigenvalue weighted by atomic mass is 10.1. The molecule has 2 aliphatic heterocycles. The zero-order chi connectivity index (χ0) is 22.1. The smallest absolute Gasteiger partial charge is 0.191 e. The predicted octanol–water partition coefficient (Wildman–Crippen LogP) is 1.74. The second-order valence-corrected chi connectivity index (χ2v) is 8.28. The molecule has 0 saturated carbocycles. The average molecular weight is 435 g/mol. The normalized spacial score (nSPS) is 20.0. The second-order valence-electron chi connectivity index (χ2n) is 8.28. The summed E-state index contributed by atoms with van der Waals surface area (Å²) in [5.74, 6) is 0.610. The molecular weight excluding hydrogens is 395 g/mol. The molecule has 31 heavy (non-hydrogen) atoms. The third-order valence-corrected chi connectivity index (χ3v) is 6.17. The Morgan fingerprint density at radius 3 is 2.48 bits per heavy atom. The van der Waals surface area contributed by atoms with Crippen LogP contribution in [0.4, 0.5) is 10.1 Å². The zero-order valence-corrected chi connectivity index (χ0v) is 19.4. The molecule has 1 aromatic rings. The first-order valence-electron chi connectivity index (χ1n) is 11.7. The van der Waals surface area contributed by atoms with Crippen molar-refractivity contribution < 1.29 is 9.13 Å². The minimum atomic E-state index is -0.156. The van der Waals surface area contributed by atoms with Gasteiger partial charge < -0.3 is 25.2 Å². The number of aliphatic imine (C=N–C) groups is 1. The summed E-state index contributed by atoms with van der Waals surface area (Å²) in [4.78, 5) is 11.6. The van der Waals surface area contributed by atoms with E-state index in [4.69, 9.17) is 4.74 Å². The molecule has 8 heteroatoms. The number of piperazine rings is 1. The van der Waals surface area contributed by atoms with Gasteiger partial charge in [-0.1, -0.05) is 13.0 Å². The lowest BCUT2D eigenvalue weighted by Gasteiger charge is -2.35. The molecule has 0 spiro atoms. The van der Waals surface area contributed by atoms with E-state index in [9.17, 15) is 4.39 Å². The molecule has 2 N–H and O–H groups in total. The number of likely N-dealkylation sites (N-methyl/N-ethyl adjacent to an activating group) is 1. The lowest BCUT2D eigenvalue weighted by molar-refractivity contribution is 0.0211. The minimum absolute atomic E-state index is 0.156. The first-order valence-corrected chi connectivity index (χ1v) is 11.7. The van der Waals surface area contributed by atoms with E-state index in [0.29, 0.717) is 18.3 Å². The van der Waals surface area contributed by atoms with Crippen LogP contribution in [-0.2, 0) is 11.3 Å². The van der Waals surface area contributed by atoms with Crippen molar-refractivity contribution in [1.29, 1.82) is 0 Å². The van der Waals surface area contributed by atoms with Gasteiger partial charge in [-0.3, -0.25) is 4.90 Å². The maximum Gasteiger partial charge on any atom is 0.191 e. The fourth-order valence-corrected chi connectivity index (χ4v) is 4.11. The highest BCUT2D eigenvalue weighted by Gasteiger charge is 2.19. The monoisotopic (exact) mass is 434 g/mol. The molecule has 2 heterocycles. The van der Waals surface area contributed by atoms with Crippen molar-refractivity contribution in [3.8, 4) is 0 Å². The van der Waals surface area contributed by atoms with Crippen LogP contribution >= 0.6 is 0 Å². The Kier molecular flexibility index (Phi) is 9.36. The van der Waals surface area contributed by atoms with Gasteiger partial charge in [-0.15, -0.1) is 0 Å². The van der Waals surface area contributed by atoms with E-state index in [-0.39, 0.29) is 5.82 Å². The Morgan fingerprint density at radius 2 is 1.84 bits per heavy atom. The summed E-state index contributed by atoms with van der Waals surface area (Å²) in [5.41, 5.74) is 1.58. The van der Waals surface area contributed by atoms with Crippen molar-refractivity contribution in [2.45, 2.75) is 33.4 Å². The molecule has 1 atom stereocenters. The average Bonchev–Trinajstić information content (AvgIpc) is 2.81. The number of nitrogens with zero attached hydrogens (tertiary/aromatic N) is 4. The van der Waals surface area contributed by atoms with E-state index in [0.717, 1.165) is 83.6 Å². The van der Waals surface area contributed by atoms with E-state index < -0.39 is 0 Å². The van der Waals surface area contributed by atoms with Crippen LogP contribution in [0, 0.1) is 5.82 Å². The molecule has 174 valence electrons. The minimum Gasteiger partial charge on any atom is -0.379 e. The lowest BCUT2D eigenvalue weighted by Crippen LogP contribution is -2.49. The quantitative estimate of drug-likeness (QED) is 0.480. The van der Waals surface area contributed by atoms with Crippen LogP contribution in [0.1, 0.15) is 26.3 Å². The molecular formula is C23H39FN6O. The fraction of sp³-hybridized carbons (Fsp3) is 0.696. The number of halogens is 1. The van der Waals surface area contributed by atoms with E-state index in [1.807, 2.05) is 12.1 Å². The van der Waals surface area contributed by atoms with Crippen LogP contribution in [0.3, 0.4) is 0 Å². The van der Waals surface area contributed by atoms with Gasteiger partial charge in [0, 0.05) is 58.4 Å². The molecule has 7 nitrogen and oxygen atoms in total. The largest absolute Gasteiger partial charge is 0.379 e. The molecule has 0 aliphatic carbocycles. The molecule has 3 rings (SSSR count). The van der Waals surface area contributed by atoms with Crippen molar-refractivity contribution in [2.75, 3.05) is 77.0 Å². The van der Waals surface area contributed by atoms with E-state index in [1.165, 1.54) is 0 Å². The van der Waals surface area contributed by atoms with Crippen molar-refractivity contribution in [1.82, 2.24) is 20.4 Å². The standard InChI is InChI=1S/C23H39FN6O/c1-4-25-23(26-17-19(3)29-12-14-31-15-13-29)27-18-20-6-7-22(21(24)16-20)30-10-8-28(5-2)9-11-30/h6-7,16,19H,4-5,8-15,17-18H2,1-3H3,(H2,25,26,27). The van der Waals surface area contributed by atoms with Crippen LogP contribution in [0.15, 0.2) is 23.2 Å². The zero-order valence-electron chi connectivity index (χ0n) is 19.4. The SMILES string of the molecule is CCNC(=NCc1ccc(N2CCN(CC)CC2)c(F)c1)NCC(C)N1CCOCC1. The molecule has 2 aliphatic rings. The number of hydrogen-bond acceptors (Lipinski definition) is 5. The number of guanidine groups is 1. The van der Waals surface area contributed by atoms with Gasteiger partial charge in [-0.25, -0.2) is 9.38 Å². The highest BCUT2D eigenvalue weighted by atomic mass is 19.1. The van der Waals surface area contributed by atoms with Gasteiger partial charge in [0.25, 0.3) is 0 Å². The van der Waals surface area contributed by atoms with E-state index >= 15 is 0 Å². The second kappa shape index (κ2) is 12.2. The molecule has 0 bridgehead atoms. The van der Waals surface area contributed by atoms with Crippen LogP contribution in [-0.4, -0.2) is 93.9 Å². The van der Waals surface area contributed by atoms with Crippen LogP contribution in [0.2, 0.25) is 0 Å². The summed E-state index contributed by atoms with van der Waals surface area (Å²) in [6.07, 6.45) is 0. The summed E-state index contributed by atoms with van der Waals surface area (Å²) >= 11 is 0. The first kappa shape index (κ1) is 23.8. The van der Waals surface area contributed by atoms with E-state index in [1.54, 1.807) is 6.07 Å². The van der Waals surface area contributed by atoms with Crippen LogP contribution < -0.4 is 15.5 Å². The van der Waals surface area contributed by atoms with Gasteiger partial charge in [-0.2, -0.15) is 0 Å². The summed E-state index contributed by atoms with van der Waals surface area (Å²) in [6.45, 7) is 16.8. The third kappa shape index (κ3) is 7.05. The van der Waals surface area contributed by atoms with Crippen molar-refractivity contribution in [2.24, 2.45) is 4.99 Å². The maximum absolute atomic E-state index is 14.8. The molecule has 1 unspecified atom stereocenters. The van der Waals surface area contributed by atoms with Gasteiger partial charge in [0.2, 0.25) is 0 Å². The van der Waals surface area contributed by atoms with Crippen LogP contribution in [0.5, 0.6) is 0 Å². The Labute approximate surface area is 186 Å². The van der Waals surface area contributed by atoms with Crippen molar-refractivity contribution >= 4 is 11.6 Å². The van der Waals surface area contributed by atoms with Crippen LogP contribution in [0.25, 0.3) is 0 Å². The Hall–Kier alpha value is -1.90. The number of rotatable bonds is 8. The van der Waals surface area contributed by atoms with E-state index in [2.05, 4.69) is 51.1 Å². The van der Waals surface area contributed by atoms with Gasteiger partial charge in [-0.05, 0) is 38.1 Å². The molecule has 1 aromatic carbocycles. The maximum atomic E-state index is 14.8. The van der Waals surface area contributed by atoms with Crippen molar-refractivity contribution in [3.05, 3.63) is 29.6 Å². The number of hydrogen-bond donors (Lipinski definition) is 2. The van der Waals surface area contributed by atoms with Gasteiger partial charge in [0.05, 0.1) is 25.4 Å². The Morgan fingerprint density at radius 1 is 1.10 bits per heavy atom. The molecule has 0 radical (unpaired) electrons. The summed E-state index contributed by atoms with van der Waals surface area (Å²) < 4.78 is 20.2. The van der Waals surface area contributed by atoms with Gasteiger partial charge >= 0.3 is 0 Å². The van der Waals surface area contributed by atoms with Gasteiger partial charge in [0.15, 0.2) is 5.96 Å². The number of anilines is 1. The summed E-state index contributed by atoms with van der Waals surface area (Å²) in [7, 11) is 0. The summed E-state index contributed by atoms with van der Waals surface area (Å²) in [6, 6.07) is 5.93. The first-order chi connectivity index (χ1) is 15.1. The highest BCUT2D eigenvalue weighted by molar-refractivity contribution is 5.79. The molecule has 0 amide bonds. The Bertz CT molecular complexity index is 701. The molecule has 0 aromatic heterocycles. The molecule has 2 fully saturated rings.